The summed E-state index contributed by atoms with van der Waals surface area (Å²) in [4.78, 5) is 17.9. The Hall–Kier alpha value is -3.13. The number of pyridine rings is 1. The lowest BCUT2D eigenvalue weighted by Gasteiger charge is -2.29. The summed E-state index contributed by atoms with van der Waals surface area (Å²) >= 11 is 0. The number of benzene rings is 2. The second-order valence-electron chi connectivity index (χ2n) is 8.29. The van der Waals surface area contributed by atoms with E-state index in [0.717, 1.165) is 6.07 Å². The monoisotopic (exact) mass is 460 g/mol. The van der Waals surface area contributed by atoms with Crippen molar-refractivity contribution in [1.82, 2.24) is 9.88 Å². The molecule has 2 atom stereocenters. The number of halogens is 3. The molecule has 0 aliphatic carbocycles. The largest absolute Gasteiger partial charge is 0.378 e. The first-order valence-electron chi connectivity index (χ1n) is 12.1. The smallest absolute Gasteiger partial charge is 0.266 e. The zero-order valence-corrected chi connectivity index (χ0v) is 18.2. The molecule has 1 saturated heterocycles. The van der Waals surface area contributed by atoms with Gasteiger partial charge in [0, 0.05) is 43.3 Å². The molecule has 8 heteroatoms. The number of amides is 1. The van der Waals surface area contributed by atoms with E-state index in [1.165, 1.54) is 19.1 Å². The average Bonchev–Trinajstić information content (AvgIpc) is 3.23. The predicted octanol–water partition coefficient (Wildman–Crippen LogP) is 5.58. The highest BCUT2D eigenvalue weighted by Crippen LogP contribution is 2.38. The van der Waals surface area contributed by atoms with E-state index >= 15 is 0 Å². The fourth-order valence-electron chi connectivity index (χ4n) is 4.37. The minimum atomic E-state index is -2.93. The molecule has 2 heterocycles. The van der Waals surface area contributed by atoms with Gasteiger partial charge in [-0.1, -0.05) is 24.3 Å². The number of carbonyl (C=O) groups excluding carboxylic acids is 1. The highest BCUT2D eigenvalue weighted by molar-refractivity contribution is 5.92. The van der Waals surface area contributed by atoms with Crippen molar-refractivity contribution in [1.29, 1.82) is 0 Å². The summed E-state index contributed by atoms with van der Waals surface area (Å²) < 4.78 is 69.8. The topological polar surface area (TPSA) is 54.5 Å². The van der Waals surface area contributed by atoms with Crippen molar-refractivity contribution in [3.63, 3.8) is 0 Å². The van der Waals surface area contributed by atoms with Crippen LogP contribution in [0.2, 0.25) is 0 Å². The van der Waals surface area contributed by atoms with Crippen LogP contribution >= 0.6 is 0 Å². The molecule has 174 valence electrons. The highest BCUT2D eigenvalue weighted by Gasteiger charge is 2.41. The third-order valence-electron chi connectivity index (χ3n) is 6.27. The summed E-state index contributed by atoms with van der Waals surface area (Å²) in [6, 6.07) is 10.1. The number of anilines is 1. The Balaban J connectivity index is 1.74. The van der Waals surface area contributed by atoms with Gasteiger partial charge >= 0.3 is 0 Å². The standard InChI is InChI=1S/C25H26F3N3O2/c1-15(18-5-4-6-19(23(18)26)24(27)28)30-22-9-11-29-21-8-7-17(13-20(21)22)25(33-3)10-12-31(14-25)16(2)32/h4-9,11,13,15,24H,10,12,14H2,1-3H3,(H,29,30)/t15-,25-/m1/s1/i3D3. The highest BCUT2D eigenvalue weighted by atomic mass is 19.3. The van der Waals surface area contributed by atoms with Gasteiger partial charge in [0.1, 0.15) is 11.4 Å². The molecule has 1 aliphatic heterocycles. The number of likely N-dealkylation sites (tertiary alicyclic amines) is 1. The quantitative estimate of drug-likeness (QED) is 0.522. The van der Waals surface area contributed by atoms with E-state index in [2.05, 4.69) is 10.3 Å². The number of aromatic nitrogens is 1. The number of ether oxygens (including phenoxy) is 1. The van der Waals surface area contributed by atoms with Gasteiger partial charge in [0.05, 0.1) is 27.8 Å². The summed E-state index contributed by atoms with van der Waals surface area (Å²) in [6.07, 6.45) is -1.08. The van der Waals surface area contributed by atoms with Gasteiger partial charge in [-0.3, -0.25) is 9.78 Å². The molecule has 1 amide bonds. The van der Waals surface area contributed by atoms with Crippen LogP contribution in [0.5, 0.6) is 0 Å². The average molecular weight is 461 g/mol. The molecule has 0 unspecified atom stereocenters. The van der Waals surface area contributed by atoms with Crippen LogP contribution in [-0.2, 0) is 15.1 Å². The Kier molecular flexibility index (Phi) is 5.29. The number of rotatable bonds is 6. The van der Waals surface area contributed by atoms with Gasteiger partial charge in [0.2, 0.25) is 5.91 Å². The lowest BCUT2D eigenvalue weighted by Crippen LogP contribution is -2.34. The third kappa shape index (κ3) is 4.27. The molecule has 5 nitrogen and oxygen atoms in total. The van der Waals surface area contributed by atoms with E-state index in [4.69, 9.17) is 8.85 Å². The van der Waals surface area contributed by atoms with Gasteiger partial charge in [-0.15, -0.1) is 0 Å². The third-order valence-corrected chi connectivity index (χ3v) is 6.27. The maximum absolute atomic E-state index is 14.7. The zero-order valence-electron chi connectivity index (χ0n) is 21.2. The molecule has 1 N–H and O–H groups in total. The second kappa shape index (κ2) is 9.02. The summed E-state index contributed by atoms with van der Waals surface area (Å²) in [6.45, 7) is 3.50. The zero-order chi connectivity index (χ0) is 26.3. The minimum Gasteiger partial charge on any atom is -0.378 e. The van der Waals surface area contributed by atoms with Crippen molar-refractivity contribution in [3.05, 3.63) is 71.2 Å². The van der Waals surface area contributed by atoms with E-state index < -0.39 is 36.5 Å². The van der Waals surface area contributed by atoms with Crippen LogP contribution in [0.15, 0.2) is 48.7 Å². The summed E-state index contributed by atoms with van der Waals surface area (Å²) in [7, 11) is -2.69. The lowest BCUT2D eigenvalue weighted by molar-refractivity contribution is -0.129. The number of hydrogen-bond acceptors (Lipinski definition) is 4. The Bertz CT molecular complexity index is 1290. The predicted molar refractivity (Wildman–Crippen MR) is 121 cm³/mol. The van der Waals surface area contributed by atoms with Crippen LogP contribution < -0.4 is 5.32 Å². The Labute approximate surface area is 194 Å². The van der Waals surface area contributed by atoms with Crippen molar-refractivity contribution < 1.29 is 26.8 Å². The van der Waals surface area contributed by atoms with Crippen molar-refractivity contribution in [3.8, 4) is 0 Å². The van der Waals surface area contributed by atoms with E-state index in [-0.39, 0.29) is 18.0 Å². The van der Waals surface area contributed by atoms with Gasteiger partial charge in [-0.25, -0.2) is 13.2 Å². The van der Waals surface area contributed by atoms with Gasteiger partial charge in [-0.05, 0) is 37.1 Å². The van der Waals surface area contributed by atoms with E-state index in [1.807, 2.05) is 0 Å². The number of carbonyl (C=O) groups is 1. The van der Waals surface area contributed by atoms with Crippen LogP contribution in [0.3, 0.4) is 0 Å². The number of hydrogen-bond donors (Lipinski definition) is 1. The number of nitrogens with one attached hydrogen (secondary N) is 1. The molecule has 4 rings (SSSR count). The summed E-state index contributed by atoms with van der Waals surface area (Å²) in [5.74, 6) is -1.15. The number of nitrogens with zero attached hydrogens (tertiary/aromatic N) is 2. The van der Waals surface area contributed by atoms with Crippen molar-refractivity contribution in [2.45, 2.75) is 38.3 Å². The molecule has 3 aromatic rings. The van der Waals surface area contributed by atoms with Gasteiger partial charge < -0.3 is 15.0 Å². The summed E-state index contributed by atoms with van der Waals surface area (Å²) in [5.41, 5.74) is -0.122. The van der Waals surface area contributed by atoms with E-state index in [9.17, 15) is 18.0 Å². The first-order chi connectivity index (χ1) is 16.9. The second-order valence-corrected chi connectivity index (χ2v) is 8.29. The van der Waals surface area contributed by atoms with Crippen LogP contribution in [0, 0.1) is 5.82 Å². The summed E-state index contributed by atoms with van der Waals surface area (Å²) in [5, 5.41) is 3.79. The fourth-order valence-corrected chi connectivity index (χ4v) is 4.37. The molecule has 1 aliphatic rings. The molecule has 33 heavy (non-hydrogen) atoms. The van der Waals surface area contributed by atoms with Crippen LogP contribution in [0.4, 0.5) is 18.9 Å². The van der Waals surface area contributed by atoms with Crippen molar-refractivity contribution >= 4 is 22.5 Å². The number of fused-ring (bicyclic) bond motifs is 1. The van der Waals surface area contributed by atoms with E-state index in [1.54, 1.807) is 42.3 Å². The minimum absolute atomic E-state index is 0.0806. The van der Waals surface area contributed by atoms with Crippen molar-refractivity contribution in [2.75, 3.05) is 25.4 Å². The first-order valence-corrected chi connectivity index (χ1v) is 10.6. The van der Waals surface area contributed by atoms with Crippen LogP contribution in [0.25, 0.3) is 10.9 Å². The Morgan fingerprint density at radius 3 is 2.76 bits per heavy atom. The molecule has 1 aromatic heterocycles. The first kappa shape index (κ1) is 19.3. The van der Waals surface area contributed by atoms with Crippen LogP contribution in [-0.4, -0.2) is 35.9 Å². The molecular formula is C25H26F3N3O2. The van der Waals surface area contributed by atoms with Gasteiger partial charge in [0.25, 0.3) is 6.43 Å². The molecule has 0 radical (unpaired) electrons. The van der Waals surface area contributed by atoms with Gasteiger partial charge in [-0.2, -0.15) is 0 Å². The molecule has 1 fully saturated rings. The lowest BCUT2D eigenvalue weighted by atomic mass is 9.91. The molecule has 0 saturated carbocycles. The maximum atomic E-state index is 14.7. The fraction of sp³-hybridized carbons (Fsp3) is 0.360. The molecule has 0 spiro atoms. The number of alkyl halides is 2. The molecule has 0 bridgehead atoms. The van der Waals surface area contributed by atoms with Gasteiger partial charge in [0.15, 0.2) is 0 Å². The number of methoxy groups -OCH3 is 1. The van der Waals surface area contributed by atoms with E-state index in [0.29, 0.717) is 35.1 Å². The van der Waals surface area contributed by atoms with Crippen molar-refractivity contribution in [2.24, 2.45) is 0 Å². The maximum Gasteiger partial charge on any atom is 0.266 e. The molecular weight excluding hydrogens is 431 g/mol. The SMILES string of the molecule is [2H]C([2H])([2H])O[C@]1(c2ccc3nccc(N[C@H](C)c4cccc(C(F)F)c4F)c3c2)CCN(C(C)=O)C1. The normalized spacial score (nSPS) is 21.0. The molecule has 2 aromatic carbocycles. The Morgan fingerprint density at radius 2 is 2.06 bits per heavy atom. The van der Waals surface area contributed by atoms with Crippen LogP contribution in [0.1, 0.15) is 53.5 Å². The Morgan fingerprint density at radius 1 is 1.27 bits per heavy atom.